The molecule has 76 valence electrons. The molecule has 2 N–H and O–H groups in total. The number of halogens is 2. The summed E-state index contributed by atoms with van der Waals surface area (Å²) in [7, 11) is 0. The summed E-state index contributed by atoms with van der Waals surface area (Å²) >= 11 is 9.42. The number of nitrogens with zero attached hydrogens (tertiary/aromatic N) is 1. The van der Waals surface area contributed by atoms with Crippen LogP contribution in [0.2, 0.25) is 5.15 Å². The first-order valence-electron chi connectivity index (χ1n) is 4.51. The van der Waals surface area contributed by atoms with E-state index in [1.54, 1.807) is 6.20 Å². The van der Waals surface area contributed by atoms with Gasteiger partial charge in [-0.1, -0.05) is 25.4 Å². The van der Waals surface area contributed by atoms with E-state index < -0.39 is 0 Å². The summed E-state index contributed by atoms with van der Waals surface area (Å²) in [6.07, 6.45) is 1.70. The Hall–Kier alpha value is -0.120. The summed E-state index contributed by atoms with van der Waals surface area (Å²) in [5.74, 6) is 0.333. The van der Waals surface area contributed by atoms with Crippen LogP contribution in [-0.2, 0) is 0 Å². The minimum atomic E-state index is 0.145. The number of rotatable bonds is 1. The molecule has 1 aliphatic rings. The van der Waals surface area contributed by atoms with Gasteiger partial charge in [-0.2, -0.15) is 0 Å². The van der Waals surface area contributed by atoms with Crippen LogP contribution in [0.15, 0.2) is 16.7 Å². The molecule has 1 aromatic heterocycles. The molecular formula is C10H12BrClN2. The Kier molecular flexibility index (Phi) is 2.37. The lowest BCUT2D eigenvalue weighted by molar-refractivity contribution is 0.598. The first-order chi connectivity index (χ1) is 6.44. The second-order valence-corrected chi connectivity index (χ2v) is 5.63. The van der Waals surface area contributed by atoms with Crippen LogP contribution >= 0.6 is 27.5 Å². The Morgan fingerprint density at radius 1 is 1.57 bits per heavy atom. The molecule has 0 aliphatic heterocycles. The highest BCUT2D eigenvalue weighted by molar-refractivity contribution is 9.10. The fourth-order valence-corrected chi connectivity index (χ4v) is 2.50. The van der Waals surface area contributed by atoms with Gasteiger partial charge in [-0.3, -0.25) is 0 Å². The normalized spacial score (nSPS) is 28.9. The molecule has 1 aliphatic carbocycles. The van der Waals surface area contributed by atoms with Crippen molar-refractivity contribution in [2.75, 3.05) is 0 Å². The molecular weight excluding hydrogens is 263 g/mol. The highest BCUT2D eigenvalue weighted by atomic mass is 79.9. The van der Waals surface area contributed by atoms with Crippen molar-refractivity contribution in [3.8, 4) is 0 Å². The fourth-order valence-electron chi connectivity index (χ4n) is 1.93. The zero-order chi connectivity index (χ0) is 10.5. The second kappa shape index (κ2) is 3.19. The molecule has 2 unspecified atom stereocenters. The van der Waals surface area contributed by atoms with Gasteiger partial charge < -0.3 is 5.73 Å². The van der Waals surface area contributed by atoms with Gasteiger partial charge in [0.15, 0.2) is 0 Å². The quantitative estimate of drug-likeness (QED) is 0.800. The summed E-state index contributed by atoms with van der Waals surface area (Å²) in [5.41, 5.74) is 7.19. The van der Waals surface area contributed by atoms with E-state index in [1.807, 2.05) is 6.07 Å². The number of hydrogen-bond donors (Lipinski definition) is 1. The molecule has 4 heteroatoms. The minimum Gasteiger partial charge on any atom is -0.327 e. The van der Waals surface area contributed by atoms with Crippen LogP contribution in [0, 0.1) is 5.41 Å². The monoisotopic (exact) mass is 274 g/mol. The van der Waals surface area contributed by atoms with E-state index >= 15 is 0 Å². The van der Waals surface area contributed by atoms with Gasteiger partial charge >= 0.3 is 0 Å². The Bertz CT molecular complexity index is 378. The molecule has 0 saturated heterocycles. The van der Waals surface area contributed by atoms with Gasteiger partial charge in [-0.05, 0) is 33.0 Å². The fraction of sp³-hybridized carbons (Fsp3) is 0.500. The van der Waals surface area contributed by atoms with Crippen molar-refractivity contribution in [2.24, 2.45) is 11.1 Å². The maximum absolute atomic E-state index is 6.04. The van der Waals surface area contributed by atoms with Gasteiger partial charge in [0.25, 0.3) is 0 Å². The van der Waals surface area contributed by atoms with Crippen molar-refractivity contribution < 1.29 is 0 Å². The molecule has 2 atom stereocenters. The molecule has 1 saturated carbocycles. The molecule has 1 heterocycles. The standard InChI is InChI=1S/C10H12BrClN2/c1-10(2)7(8(10)13)6-3-5(11)4-14-9(6)12/h3-4,7-8H,13H2,1-2H3. The van der Waals surface area contributed by atoms with Crippen LogP contribution in [-0.4, -0.2) is 11.0 Å². The SMILES string of the molecule is CC1(C)C(N)C1c1cc(Br)cnc1Cl. The molecule has 14 heavy (non-hydrogen) atoms. The summed E-state index contributed by atoms with van der Waals surface area (Å²) in [5, 5.41) is 0.569. The molecule has 1 aromatic rings. The molecule has 0 radical (unpaired) electrons. The predicted molar refractivity (Wildman–Crippen MR) is 61.4 cm³/mol. The van der Waals surface area contributed by atoms with Gasteiger partial charge in [0.1, 0.15) is 5.15 Å². The lowest BCUT2D eigenvalue weighted by Gasteiger charge is -2.04. The highest BCUT2D eigenvalue weighted by Crippen LogP contribution is 2.58. The van der Waals surface area contributed by atoms with E-state index in [1.165, 1.54) is 0 Å². The molecule has 0 aromatic carbocycles. The van der Waals surface area contributed by atoms with Crippen LogP contribution in [0.5, 0.6) is 0 Å². The zero-order valence-corrected chi connectivity index (χ0v) is 10.4. The van der Waals surface area contributed by atoms with E-state index in [2.05, 4.69) is 34.8 Å². The van der Waals surface area contributed by atoms with Gasteiger partial charge in [-0.25, -0.2) is 4.98 Å². The van der Waals surface area contributed by atoms with Gasteiger partial charge in [-0.15, -0.1) is 0 Å². The van der Waals surface area contributed by atoms with Gasteiger partial charge in [0.2, 0.25) is 0 Å². The predicted octanol–water partition coefficient (Wildman–Crippen LogP) is 2.95. The zero-order valence-electron chi connectivity index (χ0n) is 8.09. The van der Waals surface area contributed by atoms with Crippen LogP contribution in [0.4, 0.5) is 0 Å². The Morgan fingerprint density at radius 2 is 2.14 bits per heavy atom. The first-order valence-corrected chi connectivity index (χ1v) is 5.68. The number of hydrogen-bond acceptors (Lipinski definition) is 2. The van der Waals surface area contributed by atoms with Crippen molar-refractivity contribution in [1.29, 1.82) is 0 Å². The van der Waals surface area contributed by atoms with Crippen LogP contribution in [0.3, 0.4) is 0 Å². The maximum Gasteiger partial charge on any atom is 0.132 e. The molecule has 1 fully saturated rings. The number of nitrogens with two attached hydrogens (primary N) is 1. The van der Waals surface area contributed by atoms with Crippen LogP contribution in [0.1, 0.15) is 25.3 Å². The van der Waals surface area contributed by atoms with E-state index in [9.17, 15) is 0 Å². The highest BCUT2D eigenvalue weighted by Gasteiger charge is 2.57. The topological polar surface area (TPSA) is 38.9 Å². The van der Waals surface area contributed by atoms with Crippen molar-refractivity contribution in [3.63, 3.8) is 0 Å². The third-order valence-electron chi connectivity index (χ3n) is 3.08. The summed E-state index contributed by atoms with van der Waals surface area (Å²) in [6, 6.07) is 2.20. The van der Waals surface area contributed by atoms with E-state index in [0.717, 1.165) is 10.0 Å². The Morgan fingerprint density at radius 3 is 2.64 bits per heavy atom. The molecule has 2 rings (SSSR count). The average molecular weight is 276 g/mol. The summed E-state index contributed by atoms with van der Waals surface area (Å²) < 4.78 is 0.951. The smallest absolute Gasteiger partial charge is 0.132 e. The summed E-state index contributed by atoms with van der Waals surface area (Å²) in [4.78, 5) is 4.10. The Labute approximate surface area is 97.0 Å². The Balaban J connectivity index is 2.39. The van der Waals surface area contributed by atoms with E-state index in [0.29, 0.717) is 11.1 Å². The molecule has 2 nitrogen and oxygen atoms in total. The molecule has 0 spiro atoms. The van der Waals surface area contributed by atoms with Crippen LogP contribution in [0.25, 0.3) is 0 Å². The van der Waals surface area contributed by atoms with Crippen LogP contribution < -0.4 is 5.73 Å². The number of aromatic nitrogens is 1. The molecule has 0 bridgehead atoms. The third kappa shape index (κ3) is 1.47. The number of pyridine rings is 1. The minimum absolute atomic E-state index is 0.145. The third-order valence-corrected chi connectivity index (χ3v) is 3.83. The van der Waals surface area contributed by atoms with Gasteiger partial charge in [0, 0.05) is 22.6 Å². The van der Waals surface area contributed by atoms with E-state index in [-0.39, 0.29) is 11.5 Å². The van der Waals surface area contributed by atoms with Crippen molar-refractivity contribution >= 4 is 27.5 Å². The average Bonchev–Trinajstić information content (AvgIpc) is 2.58. The van der Waals surface area contributed by atoms with Crippen molar-refractivity contribution in [1.82, 2.24) is 4.98 Å². The molecule has 0 amide bonds. The lowest BCUT2D eigenvalue weighted by atomic mass is 10.1. The van der Waals surface area contributed by atoms with Gasteiger partial charge in [0.05, 0.1) is 0 Å². The lowest BCUT2D eigenvalue weighted by Crippen LogP contribution is -2.06. The van der Waals surface area contributed by atoms with Crippen molar-refractivity contribution in [2.45, 2.75) is 25.8 Å². The largest absolute Gasteiger partial charge is 0.327 e. The maximum atomic E-state index is 6.04. The second-order valence-electron chi connectivity index (χ2n) is 4.36. The first kappa shape index (κ1) is 10.4. The summed E-state index contributed by atoms with van der Waals surface area (Å²) in [6.45, 7) is 4.30. The van der Waals surface area contributed by atoms with Crippen molar-refractivity contribution in [3.05, 3.63) is 27.5 Å². The van der Waals surface area contributed by atoms with E-state index in [4.69, 9.17) is 17.3 Å².